The van der Waals surface area contributed by atoms with Gasteiger partial charge in [0.05, 0.1) is 40.3 Å². The van der Waals surface area contributed by atoms with Crippen LogP contribution in [0, 0.1) is 0 Å². The van der Waals surface area contributed by atoms with Crippen molar-refractivity contribution < 1.29 is 13.7 Å². The Morgan fingerprint density at radius 3 is 2.30 bits per heavy atom. The van der Waals surface area contributed by atoms with Crippen molar-refractivity contribution in [2.75, 3.05) is 39.2 Å². The first kappa shape index (κ1) is 44.2. The molecule has 11 heteroatoms. The highest BCUT2D eigenvalue weighted by molar-refractivity contribution is 9.10. The summed E-state index contributed by atoms with van der Waals surface area (Å²) in [4.78, 5) is 5.36. The fourth-order valence-electron chi connectivity index (χ4n) is 4.10. The van der Waals surface area contributed by atoms with Gasteiger partial charge in [-0.2, -0.15) is 9.61 Å². The summed E-state index contributed by atoms with van der Waals surface area (Å²) in [6, 6.07) is 7.26. The second kappa shape index (κ2) is 24.4. The van der Waals surface area contributed by atoms with E-state index in [1.54, 1.807) is 61.4 Å². The van der Waals surface area contributed by atoms with E-state index in [1.807, 2.05) is 45.0 Å². The molecular weight excluding hydrogens is 698 g/mol. The van der Waals surface area contributed by atoms with Crippen molar-refractivity contribution in [1.29, 1.82) is 0 Å². The molecule has 2 aromatic heterocycles. The van der Waals surface area contributed by atoms with Crippen LogP contribution in [0.1, 0.15) is 86.8 Å². The quantitative estimate of drug-likeness (QED) is 0.0945. The van der Waals surface area contributed by atoms with E-state index in [9.17, 15) is 4.21 Å². The standard InChI is InChI=1S/C29H37BrClN5O3S.C3H8.2C2H6/c1-7-9-12-24(31)21(3)25-19-28(36-29(34-25)23(30)20-33-36)32-15-10-11-17-35(16-8-2)40(6,37)22-13-14-26(38-4)27(18-22)39-5;1-3-2;2*1-2/h7,9,12-14,18-20,32H,1,6,8,10-11,15-17H2,2-5H3;3H2,1-2H3;2*1-2H3/b12-9-,24-21-;;;. The van der Waals surface area contributed by atoms with E-state index in [4.69, 9.17) is 26.1 Å². The van der Waals surface area contributed by atoms with Crippen molar-refractivity contribution in [2.24, 2.45) is 0 Å². The summed E-state index contributed by atoms with van der Waals surface area (Å²) in [6.45, 7) is 22.0. The van der Waals surface area contributed by atoms with Crippen LogP contribution in [0.25, 0.3) is 11.2 Å². The van der Waals surface area contributed by atoms with Crippen molar-refractivity contribution in [3.8, 4) is 11.5 Å². The zero-order valence-corrected chi connectivity index (χ0v) is 33.3. The lowest BCUT2D eigenvalue weighted by molar-refractivity contribution is 0.353. The van der Waals surface area contributed by atoms with Gasteiger partial charge in [-0.1, -0.05) is 85.2 Å². The second-order valence-corrected chi connectivity index (χ2v) is 13.3. The minimum absolute atomic E-state index is 0.536. The molecule has 3 rings (SSSR count). The van der Waals surface area contributed by atoms with Crippen LogP contribution in [0.5, 0.6) is 11.5 Å². The van der Waals surface area contributed by atoms with Gasteiger partial charge in [0.25, 0.3) is 0 Å². The molecule has 0 aliphatic carbocycles. The van der Waals surface area contributed by atoms with Crippen molar-refractivity contribution in [2.45, 2.75) is 86.0 Å². The number of anilines is 1. The van der Waals surface area contributed by atoms with Crippen molar-refractivity contribution >= 4 is 60.1 Å². The lowest BCUT2D eigenvalue weighted by Crippen LogP contribution is -2.33. The Labute approximate surface area is 298 Å². The number of allylic oxidation sites excluding steroid dienone is 5. The number of hydrogen-bond donors (Lipinski definition) is 1. The van der Waals surface area contributed by atoms with Gasteiger partial charge in [0.1, 0.15) is 5.82 Å². The molecule has 264 valence electrons. The van der Waals surface area contributed by atoms with Gasteiger partial charge in [-0.15, -0.1) is 0 Å². The van der Waals surface area contributed by atoms with E-state index >= 15 is 0 Å². The highest BCUT2D eigenvalue weighted by Crippen LogP contribution is 2.31. The summed E-state index contributed by atoms with van der Waals surface area (Å²) < 4.78 is 29.1. The highest BCUT2D eigenvalue weighted by Gasteiger charge is 2.20. The van der Waals surface area contributed by atoms with E-state index in [0.717, 1.165) is 40.8 Å². The summed E-state index contributed by atoms with van der Waals surface area (Å²) in [5.74, 6) is 6.06. The van der Waals surface area contributed by atoms with Crippen molar-refractivity contribution in [3.63, 3.8) is 0 Å². The fourth-order valence-corrected chi connectivity index (χ4v) is 6.39. The summed E-state index contributed by atoms with van der Waals surface area (Å²) in [5.41, 5.74) is 2.28. The first-order chi connectivity index (χ1) is 22.6. The van der Waals surface area contributed by atoms with Crippen molar-refractivity contribution in [3.05, 3.63) is 70.5 Å². The van der Waals surface area contributed by atoms with Crippen LogP contribution >= 0.6 is 27.5 Å². The molecule has 2 heterocycles. The number of ether oxygens (including phenoxy) is 2. The predicted molar refractivity (Wildman–Crippen MR) is 210 cm³/mol. The van der Waals surface area contributed by atoms with Crippen molar-refractivity contribution in [1.82, 2.24) is 18.9 Å². The molecule has 0 radical (unpaired) electrons. The molecule has 1 N–H and O–H groups in total. The molecule has 0 aliphatic rings. The number of nitrogens with one attached hydrogen (secondary N) is 1. The Bertz CT molecular complexity index is 1520. The van der Waals surface area contributed by atoms with Gasteiger partial charge in [-0.05, 0) is 71.8 Å². The maximum absolute atomic E-state index is 13.9. The van der Waals surface area contributed by atoms with E-state index in [1.165, 1.54) is 6.42 Å². The van der Waals surface area contributed by atoms with Gasteiger partial charge in [0, 0.05) is 41.7 Å². The minimum atomic E-state index is -2.70. The van der Waals surface area contributed by atoms with E-state index in [2.05, 4.69) is 59.6 Å². The van der Waals surface area contributed by atoms with Crippen LogP contribution in [0.15, 0.2) is 69.7 Å². The molecule has 0 amide bonds. The summed E-state index contributed by atoms with van der Waals surface area (Å²) in [6.07, 6.45) is 10.8. The molecule has 1 aromatic carbocycles. The summed E-state index contributed by atoms with van der Waals surface area (Å²) in [5, 5.41) is 8.52. The maximum Gasteiger partial charge on any atom is 0.172 e. The topological polar surface area (TPSA) is 81.0 Å². The van der Waals surface area contributed by atoms with Gasteiger partial charge in [0.15, 0.2) is 17.1 Å². The van der Waals surface area contributed by atoms with E-state index < -0.39 is 9.71 Å². The van der Waals surface area contributed by atoms with Gasteiger partial charge >= 0.3 is 0 Å². The zero-order chi connectivity index (χ0) is 36.0. The predicted octanol–water partition coefficient (Wildman–Crippen LogP) is 10.3. The minimum Gasteiger partial charge on any atom is -0.493 e. The van der Waals surface area contributed by atoms with Crippen LogP contribution < -0.4 is 14.8 Å². The van der Waals surface area contributed by atoms with Crippen LogP contribution in [0.2, 0.25) is 0 Å². The number of fused-ring (bicyclic) bond motifs is 1. The number of nitrogens with zero attached hydrogens (tertiary/aromatic N) is 4. The fraction of sp³-hybridized carbons (Fsp3) is 0.472. The molecule has 0 spiro atoms. The monoisotopic (exact) mass is 753 g/mol. The average Bonchev–Trinajstić information content (AvgIpc) is 3.48. The Balaban J connectivity index is 0.00000280. The third-order valence-corrected chi connectivity index (χ3v) is 9.46. The number of methoxy groups -OCH3 is 2. The first-order valence-electron chi connectivity index (χ1n) is 16.4. The normalized spacial score (nSPS) is 12.4. The smallest absolute Gasteiger partial charge is 0.172 e. The summed E-state index contributed by atoms with van der Waals surface area (Å²) in [7, 11) is 0.448. The molecule has 0 bridgehead atoms. The molecule has 0 saturated heterocycles. The summed E-state index contributed by atoms with van der Waals surface area (Å²) >= 11 is 10.0. The second-order valence-electron chi connectivity index (χ2n) is 9.75. The van der Waals surface area contributed by atoms with Crippen LogP contribution in [-0.4, -0.2) is 62.8 Å². The first-order valence-corrected chi connectivity index (χ1v) is 19.2. The number of benzene rings is 1. The third-order valence-electron chi connectivity index (χ3n) is 6.30. The molecular formula is C36H57BrClN5O3S. The molecule has 8 nitrogen and oxygen atoms in total. The molecule has 1 unspecified atom stereocenters. The zero-order valence-electron chi connectivity index (χ0n) is 30.2. The lowest BCUT2D eigenvalue weighted by Gasteiger charge is -2.26. The largest absolute Gasteiger partial charge is 0.493 e. The molecule has 3 aromatic rings. The molecule has 0 aliphatic heterocycles. The molecule has 47 heavy (non-hydrogen) atoms. The Morgan fingerprint density at radius 2 is 1.72 bits per heavy atom. The SMILES string of the molecule is C=C/C=C\C(Cl)=C(/C)c1cc(NCCCCN(CCC)S(=C)(=O)c2ccc(OC)c(OC)c2)n2ncc(Br)c2n1.CC.CC.CCC. The van der Waals surface area contributed by atoms with Crippen LogP contribution in [-0.2, 0) is 9.71 Å². The van der Waals surface area contributed by atoms with Crippen LogP contribution in [0.4, 0.5) is 5.82 Å². The maximum atomic E-state index is 13.9. The number of rotatable bonds is 15. The van der Waals surface area contributed by atoms with Gasteiger partial charge in [-0.3, -0.25) is 0 Å². The van der Waals surface area contributed by atoms with Crippen LogP contribution in [0.3, 0.4) is 0 Å². The Morgan fingerprint density at radius 1 is 1.09 bits per heavy atom. The highest BCUT2D eigenvalue weighted by atomic mass is 79.9. The third kappa shape index (κ3) is 13.3. The molecule has 0 fully saturated rings. The van der Waals surface area contributed by atoms with E-state index in [0.29, 0.717) is 46.7 Å². The molecule has 0 saturated carbocycles. The average molecular weight is 755 g/mol. The van der Waals surface area contributed by atoms with Gasteiger partial charge in [-0.25, -0.2) is 13.5 Å². The lowest BCUT2D eigenvalue weighted by atomic mass is 10.2. The van der Waals surface area contributed by atoms with Gasteiger partial charge in [0.2, 0.25) is 0 Å². The van der Waals surface area contributed by atoms with E-state index in [-0.39, 0.29) is 0 Å². The van der Waals surface area contributed by atoms with Gasteiger partial charge < -0.3 is 14.8 Å². The Hall–Kier alpha value is -2.79. The Kier molecular flexibility index (Phi) is 22.9. The number of aromatic nitrogens is 3. The number of halogens is 2. The number of unbranched alkanes of at least 4 members (excludes halogenated alkanes) is 1. The molecule has 1 atom stereocenters. The number of hydrogen-bond acceptors (Lipinski definition) is 6.